The molecule has 0 radical (unpaired) electrons. The lowest BCUT2D eigenvalue weighted by Gasteiger charge is -2.20. The van der Waals surface area contributed by atoms with Crippen molar-refractivity contribution in [2.24, 2.45) is 0 Å². The number of benzene rings is 1. The molecule has 1 aromatic carbocycles. The lowest BCUT2D eigenvalue weighted by molar-refractivity contribution is -0.154. The second-order valence-electron chi connectivity index (χ2n) is 8.46. The molecule has 0 fully saturated rings. The number of ether oxygens (including phenoxy) is 3. The molecule has 0 aliphatic carbocycles. The monoisotopic (exact) mass is 435 g/mol. The molecule has 31 heavy (non-hydrogen) atoms. The summed E-state index contributed by atoms with van der Waals surface area (Å²) in [6.45, 7) is 7.98. The summed E-state index contributed by atoms with van der Waals surface area (Å²) in [5.74, 6) is -1.21. The Labute approximate surface area is 181 Å². The number of carbonyl (C=O) groups excluding carboxylic acids is 3. The van der Waals surface area contributed by atoms with Gasteiger partial charge in [-0.25, -0.2) is 9.18 Å². The number of halogens is 1. The van der Waals surface area contributed by atoms with Gasteiger partial charge >= 0.3 is 11.9 Å². The van der Waals surface area contributed by atoms with Crippen LogP contribution in [-0.2, 0) is 32.1 Å². The Bertz CT molecular complexity index is 914. The van der Waals surface area contributed by atoms with E-state index in [9.17, 15) is 18.8 Å². The van der Waals surface area contributed by atoms with Crippen LogP contribution >= 0.6 is 0 Å². The summed E-state index contributed by atoms with van der Waals surface area (Å²) in [4.78, 5) is 36.1. The van der Waals surface area contributed by atoms with Crippen LogP contribution in [0, 0.1) is 6.92 Å². The number of carbonyl (C=O) groups is 3. The first kappa shape index (κ1) is 24.4. The molecule has 0 saturated carbocycles. The van der Waals surface area contributed by atoms with E-state index < -0.39 is 24.2 Å². The topological polar surface area (TPSA) is 90.9 Å². The highest BCUT2D eigenvalue weighted by atomic mass is 19.1. The van der Waals surface area contributed by atoms with Gasteiger partial charge in [0.2, 0.25) is 0 Å². The van der Waals surface area contributed by atoms with Crippen LogP contribution in [0.1, 0.15) is 67.6 Å². The summed E-state index contributed by atoms with van der Waals surface area (Å²) < 4.78 is 28.9. The first-order valence-electron chi connectivity index (χ1n) is 10.1. The van der Waals surface area contributed by atoms with Gasteiger partial charge in [-0.2, -0.15) is 0 Å². The third-order valence-electron chi connectivity index (χ3n) is 4.86. The molecule has 1 heterocycles. The number of hydrogen-bond acceptors (Lipinski definition) is 6. The molecule has 0 atom stereocenters. The molecule has 0 saturated heterocycles. The minimum atomic E-state index is -1.22. The Hall–Kier alpha value is -2.90. The van der Waals surface area contributed by atoms with Crippen molar-refractivity contribution in [3.05, 3.63) is 33.9 Å². The lowest BCUT2D eigenvalue weighted by Crippen LogP contribution is -2.23. The standard InChI is InChI=1S/C23H30FNO6/c1-13(8-10-18(27)31-23(3,4)5)7-9-15-20(25-17(26)11-24)19-16(12-30-22(19)28)14(2)21(15)29-6/h7H,8-12H2,1-6H3,(H,25,26). The molecule has 1 amide bonds. The largest absolute Gasteiger partial charge is 0.496 e. The average Bonchev–Trinajstić information content (AvgIpc) is 3.07. The predicted molar refractivity (Wildman–Crippen MR) is 114 cm³/mol. The van der Waals surface area contributed by atoms with Crippen LogP contribution in [0.3, 0.4) is 0 Å². The van der Waals surface area contributed by atoms with Gasteiger partial charge in [0.05, 0.1) is 18.4 Å². The third kappa shape index (κ3) is 6.06. The molecule has 0 unspecified atom stereocenters. The van der Waals surface area contributed by atoms with E-state index in [0.717, 1.165) is 11.1 Å². The molecule has 0 spiro atoms. The van der Waals surface area contributed by atoms with Gasteiger partial charge in [0.1, 0.15) is 18.0 Å². The van der Waals surface area contributed by atoms with Gasteiger partial charge in [-0.3, -0.25) is 9.59 Å². The first-order valence-corrected chi connectivity index (χ1v) is 10.1. The molecule has 1 aliphatic rings. The smallest absolute Gasteiger partial charge is 0.341 e. The number of rotatable bonds is 8. The van der Waals surface area contributed by atoms with E-state index >= 15 is 0 Å². The maximum absolute atomic E-state index is 12.9. The second kappa shape index (κ2) is 9.94. The fourth-order valence-corrected chi connectivity index (χ4v) is 3.43. The molecule has 1 N–H and O–H groups in total. The Kier molecular flexibility index (Phi) is 7.81. The zero-order valence-electron chi connectivity index (χ0n) is 18.9. The summed E-state index contributed by atoms with van der Waals surface area (Å²) in [6.07, 6.45) is 2.93. The van der Waals surface area contributed by atoms with Crippen LogP contribution in [0.5, 0.6) is 5.75 Å². The van der Waals surface area contributed by atoms with Crippen LogP contribution < -0.4 is 10.1 Å². The Morgan fingerprint density at radius 3 is 2.52 bits per heavy atom. The highest BCUT2D eigenvalue weighted by molar-refractivity contribution is 6.06. The van der Waals surface area contributed by atoms with Gasteiger partial charge in [-0.05, 0) is 53.0 Å². The van der Waals surface area contributed by atoms with Crippen molar-refractivity contribution < 1.29 is 33.0 Å². The highest BCUT2D eigenvalue weighted by Gasteiger charge is 2.32. The van der Waals surface area contributed by atoms with E-state index in [4.69, 9.17) is 14.2 Å². The van der Waals surface area contributed by atoms with Crippen LogP contribution in [0.25, 0.3) is 0 Å². The van der Waals surface area contributed by atoms with E-state index in [1.165, 1.54) is 7.11 Å². The summed E-state index contributed by atoms with van der Waals surface area (Å²) >= 11 is 0. The molecule has 170 valence electrons. The van der Waals surface area contributed by atoms with E-state index in [1.54, 1.807) is 0 Å². The van der Waals surface area contributed by atoms with Crippen molar-refractivity contribution in [3.8, 4) is 5.75 Å². The van der Waals surface area contributed by atoms with Gasteiger partial charge in [0.15, 0.2) is 6.67 Å². The van der Waals surface area contributed by atoms with Crippen molar-refractivity contribution in [2.75, 3.05) is 19.1 Å². The van der Waals surface area contributed by atoms with Crippen LogP contribution in [0.2, 0.25) is 0 Å². The summed E-state index contributed by atoms with van der Waals surface area (Å²) in [7, 11) is 1.50. The van der Waals surface area contributed by atoms with E-state index in [-0.39, 0.29) is 30.2 Å². The zero-order chi connectivity index (χ0) is 23.3. The second-order valence-corrected chi connectivity index (χ2v) is 8.46. The van der Waals surface area contributed by atoms with Crippen molar-refractivity contribution in [2.45, 2.75) is 66.1 Å². The number of methoxy groups -OCH3 is 1. The molecular formula is C23H30FNO6. The highest BCUT2D eigenvalue weighted by Crippen LogP contribution is 2.41. The number of amides is 1. The van der Waals surface area contributed by atoms with Gasteiger partial charge < -0.3 is 19.5 Å². The zero-order valence-corrected chi connectivity index (χ0v) is 18.9. The number of allylic oxidation sites excluding steroid dienone is 2. The molecular weight excluding hydrogens is 405 g/mol. The van der Waals surface area contributed by atoms with Crippen molar-refractivity contribution >= 4 is 23.5 Å². The molecule has 1 aromatic rings. The molecule has 0 bridgehead atoms. The van der Waals surface area contributed by atoms with Gasteiger partial charge in [0, 0.05) is 17.5 Å². The first-order chi connectivity index (χ1) is 14.5. The van der Waals surface area contributed by atoms with E-state index in [1.807, 2.05) is 40.7 Å². The SMILES string of the molecule is COc1c(C)c2c(c(NC(=O)CF)c1CC=C(C)CCC(=O)OC(C)(C)C)C(=O)OC2. The Balaban J connectivity index is 2.34. The van der Waals surface area contributed by atoms with Crippen molar-refractivity contribution in [1.29, 1.82) is 0 Å². The third-order valence-corrected chi connectivity index (χ3v) is 4.86. The number of nitrogens with one attached hydrogen (secondary N) is 1. The minimum Gasteiger partial charge on any atom is -0.496 e. The number of cyclic esters (lactones) is 1. The van der Waals surface area contributed by atoms with Crippen LogP contribution in [0.4, 0.5) is 10.1 Å². The Morgan fingerprint density at radius 1 is 1.26 bits per heavy atom. The Morgan fingerprint density at radius 2 is 1.94 bits per heavy atom. The maximum atomic E-state index is 12.9. The summed E-state index contributed by atoms with van der Waals surface area (Å²) in [6, 6.07) is 0. The number of hydrogen-bond donors (Lipinski definition) is 1. The number of anilines is 1. The van der Waals surface area contributed by atoms with Crippen molar-refractivity contribution in [1.82, 2.24) is 0 Å². The maximum Gasteiger partial charge on any atom is 0.341 e. The number of alkyl halides is 1. The van der Waals surface area contributed by atoms with E-state index in [0.29, 0.717) is 29.7 Å². The quantitative estimate of drug-likeness (QED) is 0.486. The molecule has 8 heteroatoms. The van der Waals surface area contributed by atoms with Crippen LogP contribution in [-0.4, -0.2) is 37.2 Å². The lowest BCUT2D eigenvalue weighted by atomic mass is 9.93. The molecule has 1 aliphatic heterocycles. The number of fused-ring (bicyclic) bond motifs is 1. The van der Waals surface area contributed by atoms with Crippen molar-refractivity contribution in [3.63, 3.8) is 0 Å². The van der Waals surface area contributed by atoms with Gasteiger partial charge in [-0.15, -0.1) is 0 Å². The summed E-state index contributed by atoms with van der Waals surface area (Å²) in [5.41, 5.74) is 2.73. The average molecular weight is 435 g/mol. The molecule has 2 rings (SSSR count). The predicted octanol–water partition coefficient (Wildman–Crippen LogP) is 4.19. The summed E-state index contributed by atoms with van der Waals surface area (Å²) in [5, 5.41) is 2.49. The van der Waals surface area contributed by atoms with Gasteiger partial charge in [0.25, 0.3) is 5.91 Å². The fraction of sp³-hybridized carbons (Fsp3) is 0.522. The molecule has 0 aromatic heterocycles. The minimum absolute atomic E-state index is 0.0693. The number of esters is 2. The molecule has 7 nitrogen and oxygen atoms in total. The van der Waals surface area contributed by atoms with Crippen LogP contribution in [0.15, 0.2) is 11.6 Å². The normalized spacial score (nSPS) is 13.5. The fourth-order valence-electron chi connectivity index (χ4n) is 3.43. The van der Waals surface area contributed by atoms with Gasteiger partial charge in [-0.1, -0.05) is 11.6 Å². The van der Waals surface area contributed by atoms with E-state index in [2.05, 4.69) is 5.32 Å².